The van der Waals surface area contributed by atoms with Crippen LogP contribution in [0.5, 0.6) is 0 Å². The summed E-state index contributed by atoms with van der Waals surface area (Å²) in [6.07, 6.45) is 0. The van der Waals surface area contributed by atoms with Crippen LogP contribution in [-0.2, 0) is 0 Å². The average Bonchev–Trinajstić information content (AvgIpc) is 2.46. The molecule has 76 valence electrons. The van der Waals surface area contributed by atoms with E-state index in [-0.39, 0.29) is 0 Å². The minimum Gasteiger partial charge on any atom is -0.326 e. The summed E-state index contributed by atoms with van der Waals surface area (Å²) >= 11 is 0. The van der Waals surface area contributed by atoms with E-state index in [9.17, 15) is 0 Å². The molecule has 2 atom stereocenters. The molecule has 0 radical (unpaired) electrons. The second-order valence-corrected chi connectivity index (χ2v) is 4.35. The average molecular weight is 190 g/mol. The van der Waals surface area contributed by atoms with Gasteiger partial charge in [-0.15, -0.1) is 0 Å². The zero-order valence-corrected chi connectivity index (χ0v) is 8.90. The van der Waals surface area contributed by atoms with Gasteiger partial charge in [-0.25, -0.2) is 0 Å². The number of benzene rings is 1. The minimum absolute atomic E-state index is 0.293. The fourth-order valence-electron chi connectivity index (χ4n) is 2.36. The molecular formula is C12H18N2. The van der Waals surface area contributed by atoms with E-state index in [1.54, 1.807) is 0 Å². The number of likely N-dealkylation sites (N-methyl/N-ethyl adjacent to an activating group) is 1. The molecule has 2 heteroatoms. The third-order valence-corrected chi connectivity index (χ3v) is 3.14. The molecule has 1 aromatic rings. The van der Waals surface area contributed by atoms with Gasteiger partial charge in [0, 0.05) is 25.0 Å². The van der Waals surface area contributed by atoms with Gasteiger partial charge in [0.15, 0.2) is 0 Å². The summed E-state index contributed by atoms with van der Waals surface area (Å²) in [6.45, 7) is 4.27. The second-order valence-electron chi connectivity index (χ2n) is 4.35. The molecule has 0 amide bonds. The Bertz CT molecular complexity index is 322. The molecule has 0 aliphatic carbocycles. The van der Waals surface area contributed by atoms with Crippen molar-refractivity contribution in [2.45, 2.75) is 18.9 Å². The largest absolute Gasteiger partial charge is 0.326 e. The van der Waals surface area contributed by atoms with E-state index in [4.69, 9.17) is 5.73 Å². The quantitative estimate of drug-likeness (QED) is 0.724. The molecule has 0 aromatic heterocycles. The van der Waals surface area contributed by atoms with E-state index >= 15 is 0 Å². The molecule has 14 heavy (non-hydrogen) atoms. The summed E-state index contributed by atoms with van der Waals surface area (Å²) in [6, 6.07) is 8.86. The molecule has 0 bridgehead atoms. The van der Waals surface area contributed by atoms with Gasteiger partial charge in [-0.3, -0.25) is 0 Å². The van der Waals surface area contributed by atoms with E-state index in [1.807, 2.05) is 0 Å². The van der Waals surface area contributed by atoms with Crippen LogP contribution in [0.25, 0.3) is 0 Å². The first-order valence-electron chi connectivity index (χ1n) is 5.18. The predicted molar refractivity (Wildman–Crippen MR) is 59.4 cm³/mol. The van der Waals surface area contributed by atoms with Crippen LogP contribution in [0.2, 0.25) is 0 Å². The van der Waals surface area contributed by atoms with Gasteiger partial charge in [0.2, 0.25) is 0 Å². The molecule has 1 aliphatic heterocycles. The summed E-state index contributed by atoms with van der Waals surface area (Å²) in [5, 5.41) is 0. The van der Waals surface area contributed by atoms with Crippen molar-refractivity contribution in [2.24, 2.45) is 5.73 Å². The van der Waals surface area contributed by atoms with Crippen LogP contribution < -0.4 is 5.73 Å². The van der Waals surface area contributed by atoms with E-state index in [1.165, 1.54) is 11.1 Å². The molecule has 1 fully saturated rings. The zero-order chi connectivity index (χ0) is 10.1. The fraction of sp³-hybridized carbons (Fsp3) is 0.500. The van der Waals surface area contributed by atoms with Gasteiger partial charge in [-0.2, -0.15) is 0 Å². The first-order chi connectivity index (χ1) is 6.68. The fourth-order valence-corrected chi connectivity index (χ4v) is 2.36. The van der Waals surface area contributed by atoms with Gasteiger partial charge >= 0.3 is 0 Å². The van der Waals surface area contributed by atoms with Crippen LogP contribution in [0.3, 0.4) is 0 Å². The number of hydrogen-bond donors (Lipinski definition) is 1. The third kappa shape index (κ3) is 1.68. The number of likely N-dealkylation sites (tertiary alicyclic amines) is 1. The Morgan fingerprint density at radius 1 is 1.29 bits per heavy atom. The molecule has 1 saturated heterocycles. The van der Waals surface area contributed by atoms with Gasteiger partial charge in [0.25, 0.3) is 0 Å². The topological polar surface area (TPSA) is 29.3 Å². The van der Waals surface area contributed by atoms with Crippen molar-refractivity contribution in [3.8, 4) is 0 Å². The first kappa shape index (κ1) is 9.69. The van der Waals surface area contributed by atoms with Crippen LogP contribution in [0, 0.1) is 6.92 Å². The highest BCUT2D eigenvalue weighted by Crippen LogP contribution is 2.27. The molecule has 0 saturated carbocycles. The Balaban J connectivity index is 2.27. The third-order valence-electron chi connectivity index (χ3n) is 3.14. The smallest absolute Gasteiger partial charge is 0.0249 e. The molecule has 2 rings (SSSR count). The zero-order valence-electron chi connectivity index (χ0n) is 8.90. The van der Waals surface area contributed by atoms with Crippen LogP contribution in [0.4, 0.5) is 0 Å². The van der Waals surface area contributed by atoms with Crippen LogP contribution in [-0.4, -0.2) is 31.1 Å². The summed E-state index contributed by atoms with van der Waals surface area (Å²) in [5.74, 6) is 0.515. The lowest BCUT2D eigenvalue weighted by Crippen LogP contribution is -2.28. The van der Waals surface area contributed by atoms with Gasteiger partial charge in [0.05, 0.1) is 0 Å². The maximum Gasteiger partial charge on any atom is 0.0249 e. The number of aryl methyl sites for hydroxylation is 1. The van der Waals surface area contributed by atoms with Gasteiger partial charge in [0.1, 0.15) is 0 Å². The molecule has 1 aromatic carbocycles. The van der Waals surface area contributed by atoms with Crippen LogP contribution in [0.1, 0.15) is 17.0 Å². The molecule has 1 aliphatic rings. The lowest BCUT2D eigenvalue weighted by molar-refractivity contribution is 0.407. The molecule has 0 unspecified atom stereocenters. The number of nitrogens with zero attached hydrogens (tertiary/aromatic N) is 1. The van der Waals surface area contributed by atoms with E-state index in [0.717, 1.165) is 13.1 Å². The summed E-state index contributed by atoms with van der Waals surface area (Å²) in [4.78, 5) is 2.31. The van der Waals surface area contributed by atoms with Crippen LogP contribution >= 0.6 is 0 Å². The Kier molecular flexibility index (Phi) is 2.57. The van der Waals surface area contributed by atoms with Crippen molar-refractivity contribution in [3.63, 3.8) is 0 Å². The molecule has 2 N–H and O–H groups in total. The molecule has 1 heterocycles. The summed E-state index contributed by atoms with van der Waals surface area (Å²) in [7, 11) is 2.14. The van der Waals surface area contributed by atoms with Crippen molar-refractivity contribution in [2.75, 3.05) is 20.1 Å². The highest BCUT2D eigenvalue weighted by Gasteiger charge is 2.29. The highest BCUT2D eigenvalue weighted by atomic mass is 15.1. The predicted octanol–water partition coefficient (Wildman–Crippen LogP) is 1.35. The molecular weight excluding hydrogens is 172 g/mol. The summed E-state index contributed by atoms with van der Waals surface area (Å²) in [5.41, 5.74) is 8.91. The Morgan fingerprint density at radius 3 is 2.57 bits per heavy atom. The van der Waals surface area contributed by atoms with E-state index < -0.39 is 0 Å². The highest BCUT2D eigenvalue weighted by molar-refractivity contribution is 5.31. The van der Waals surface area contributed by atoms with Crippen molar-refractivity contribution < 1.29 is 0 Å². The maximum atomic E-state index is 6.13. The summed E-state index contributed by atoms with van der Waals surface area (Å²) < 4.78 is 0. The Labute approximate surface area is 85.7 Å². The first-order valence-corrected chi connectivity index (χ1v) is 5.18. The standard InChI is InChI=1S/C12H18N2/c1-9-5-3-4-6-10(9)11-7-14(2)8-12(11)13/h3-6,11-12H,7-8,13H2,1-2H3/t11-,12+/m1/s1. The SMILES string of the molecule is Cc1ccccc1[C@H]1CN(C)C[C@@H]1N. The van der Waals surface area contributed by atoms with Crippen molar-refractivity contribution in [3.05, 3.63) is 35.4 Å². The number of nitrogens with two attached hydrogens (primary N) is 1. The monoisotopic (exact) mass is 190 g/mol. The van der Waals surface area contributed by atoms with Crippen molar-refractivity contribution >= 4 is 0 Å². The lowest BCUT2D eigenvalue weighted by Gasteiger charge is -2.16. The molecule has 2 nitrogen and oxygen atoms in total. The number of rotatable bonds is 1. The molecule has 0 spiro atoms. The van der Waals surface area contributed by atoms with Crippen molar-refractivity contribution in [1.29, 1.82) is 0 Å². The lowest BCUT2D eigenvalue weighted by atomic mass is 9.91. The van der Waals surface area contributed by atoms with E-state index in [2.05, 4.69) is 43.1 Å². The maximum absolute atomic E-state index is 6.13. The number of hydrogen-bond acceptors (Lipinski definition) is 2. The Hall–Kier alpha value is -0.860. The van der Waals surface area contributed by atoms with Gasteiger partial charge in [-0.1, -0.05) is 24.3 Å². The van der Waals surface area contributed by atoms with E-state index in [0.29, 0.717) is 12.0 Å². The van der Waals surface area contributed by atoms with Crippen LogP contribution in [0.15, 0.2) is 24.3 Å². The second kappa shape index (κ2) is 3.71. The van der Waals surface area contributed by atoms with Gasteiger partial charge < -0.3 is 10.6 Å². The normalized spacial score (nSPS) is 28.2. The Morgan fingerprint density at radius 2 is 2.00 bits per heavy atom. The van der Waals surface area contributed by atoms with Crippen molar-refractivity contribution in [1.82, 2.24) is 4.90 Å². The van der Waals surface area contributed by atoms with Gasteiger partial charge in [-0.05, 0) is 25.1 Å². The minimum atomic E-state index is 0.293.